The molecular weight excluding hydrogens is 535 g/mol. The Hall–Kier alpha value is -3.07. The predicted octanol–water partition coefficient (Wildman–Crippen LogP) is 5.76. The number of carbonyl (C=O) groups excluding carboxylic acids is 2. The normalized spacial score (nSPS) is 10.7. The summed E-state index contributed by atoms with van der Waals surface area (Å²) in [5, 5.41) is 4.55. The molecule has 0 fully saturated rings. The van der Waals surface area contributed by atoms with E-state index < -0.39 is 11.9 Å². The first-order valence-corrected chi connectivity index (χ1v) is 10.9. The van der Waals surface area contributed by atoms with E-state index in [1.54, 1.807) is 30.3 Å². The van der Waals surface area contributed by atoms with Crippen LogP contribution in [0.3, 0.4) is 0 Å². The third-order valence-electron chi connectivity index (χ3n) is 4.35. The summed E-state index contributed by atoms with van der Waals surface area (Å²) in [4.78, 5) is 25.0. The molecular formula is C23H17BrCl2N2O5. The van der Waals surface area contributed by atoms with E-state index >= 15 is 0 Å². The van der Waals surface area contributed by atoms with Crippen molar-refractivity contribution in [2.45, 2.75) is 0 Å². The number of esters is 1. The number of hydrogen-bond acceptors (Lipinski definition) is 6. The topological polar surface area (TPSA) is 86.2 Å². The monoisotopic (exact) mass is 550 g/mol. The van der Waals surface area contributed by atoms with Gasteiger partial charge in [-0.25, -0.2) is 10.2 Å². The van der Waals surface area contributed by atoms with Gasteiger partial charge in [-0.2, -0.15) is 5.10 Å². The minimum atomic E-state index is -0.604. The highest BCUT2D eigenvalue weighted by atomic mass is 79.9. The number of nitrogens with one attached hydrogen (secondary N) is 1. The van der Waals surface area contributed by atoms with Crippen molar-refractivity contribution in [1.82, 2.24) is 5.43 Å². The van der Waals surface area contributed by atoms with Gasteiger partial charge < -0.3 is 14.2 Å². The van der Waals surface area contributed by atoms with Crippen LogP contribution in [-0.2, 0) is 0 Å². The number of hydrazone groups is 1. The van der Waals surface area contributed by atoms with Gasteiger partial charge in [0.05, 0.1) is 36.0 Å². The Kier molecular flexibility index (Phi) is 8.32. The Labute approximate surface area is 208 Å². The van der Waals surface area contributed by atoms with Gasteiger partial charge in [-0.3, -0.25) is 4.79 Å². The number of nitrogens with zero attached hydrogens (tertiary/aromatic N) is 1. The lowest BCUT2D eigenvalue weighted by Crippen LogP contribution is -2.17. The largest absolute Gasteiger partial charge is 0.493 e. The molecule has 3 aromatic rings. The first-order chi connectivity index (χ1) is 15.8. The van der Waals surface area contributed by atoms with E-state index in [1.807, 2.05) is 0 Å². The standard InChI is InChI=1S/C23H17BrCl2N2O5/c1-31-20-7-4-14(11-21(20)32-2)23(30)33-19-8-5-16(24)9-15(19)12-27-28-22(29)13-3-6-17(25)18(26)10-13/h3-12H,1-2H3,(H,28,29)/b27-12+. The second-order valence-electron chi connectivity index (χ2n) is 6.47. The van der Waals surface area contributed by atoms with Crippen LogP contribution in [0, 0.1) is 0 Å². The first-order valence-electron chi connectivity index (χ1n) is 9.34. The van der Waals surface area contributed by atoms with Crippen LogP contribution in [-0.4, -0.2) is 32.3 Å². The highest BCUT2D eigenvalue weighted by Crippen LogP contribution is 2.29. The van der Waals surface area contributed by atoms with E-state index in [4.69, 9.17) is 37.4 Å². The van der Waals surface area contributed by atoms with Crippen molar-refractivity contribution in [3.63, 3.8) is 0 Å². The van der Waals surface area contributed by atoms with Gasteiger partial charge in [0.1, 0.15) is 5.75 Å². The summed E-state index contributed by atoms with van der Waals surface area (Å²) in [5.41, 5.74) is 3.41. The average Bonchev–Trinajstić information content (AvgIpc) is 2.81. The first kappa shape index (κ1) is 24.6. The number of benzene rings is 3. The molecule has 0 atom stereocenters. The van der Waals surface area contributed by atoms with Crippen molar-refractivity contribution in [3.05, 3.63) is 85.8 Å². The van der Waals surface area contributed by atoms with E-state index in [-0.39, 0.29) is 21.9 Å². The number of methoxy groups -OCH3 is 2. The van der Waals surface area contributed by atoms with E-state index in [9.17, 15) is 9.59 Å². The lowest BCUT2D eigenvalue weighted by Gasteiger charge is -2.11. The molecule has 0 aromatic heterocycles. The van der Waals surface area contributed by atoms with E-state index in [0.717, 1.165) is 4.47 Å². The van der Waals surface area contributed by atoms with Crippen molar-refractivity contribution in [2.24, 2.45) is 5.10 Å². The Bertz CT molecular complexity index is 1230. The van der Waals surface area contributed by atoms with Gasteiger partial charge in [0.2, 0.25) is 0 Å². The van der Waals surface area contributed by atoms with Crippen molar-refractivity contribution in [1.29, 1.82) is 0 Å². The number of rotatable bonds is 7. The summed E-state index contributed by atoms with van der Waals surface area (Å²) < 4.78 is 16.7. The Morgan fingerprint density at radius 2 is 1.58 bits per heavy atom. The minimum absolute atomic E-state index is 0.241. The zero-order valence-electron chi connectivity index (χ0n) is 17.4. The Morgan fingerprint density at radius 3 is 2.27 bits per heavy atom. The van der Waals surface area contributed by atoms with Crippen LogP contribution in [0.15, 0.2) is 64.2 Å². The lowest BCUT2D eigenvalue weighted by atomic mass is 10.2. The maximum Gasteiger partial charge on any atom is 0.343 e. The molecule has 3 rings (SSSR count). The maximum atomic E-state index is 12.7. The summed E-state index contributed by atoms with van der Waals surface area (Å²) in [5.74, 6) is 0.0414. The number of carbonyl (C=O) groups is 2. The third kappa shape index (κ3) is 6.25. The molecule has 1 N–H and O–H groups in total. The summed E-state index contributed by atoms with van der Waals surface area (Å²) in [6.07, 6.45) is 1.36. The average molecular weight is 552 g/mol. The van der Waals surface area contributed by atoms with Crippen molar-refractivity contribution < 1.29 is 23.8 Å². The second-order valence-corrected chi connectivity index (χ2v) is 8.20. The van der Waals surface area contributed by atoms with Crippen molar-refractivity contribution >= 4 is 57.2 Å². The molecule has 0 unspecified atom stereocenters. The van der Waals surface area contributed by atoms with Crippen LogP contribution >= 0.6 is 39.1 Å². The zero-order valence-corrected chi connectivity index (χ0v) is 20.5. The van der Waals surface area contributed by atoms with Gasteiger partial charge in [0.25, 0.3) is 5.91 Å². The highest BCUT2D eigenvalue weighted by molar-refractivity contribution is 9.10. The predicted molar refractivity (Wildman–Crippen MR) is 130 cm³/mol. The summed E-state index contributed by atoms with van der Waals surface area (Å²) in [6, 6.07) is 14.2. The molecule has 0 aliphatic carbocycles. The fourth-order valence-electron chi connectivity index (χ4n) is 2.70. The summed E-state index contributed by atoms with van der Waals surface area (Å²) >= 11 is 15.2. The van der Waals surface area contributed by atoms with Crippen LogP contribution in [0.2, 0.25) is 10.0 Å². The van der Waals surface area contributed by atoms with Gasteiger partial charge in [-0.1, -0.05) is 39.1 Å². The summed E-state index contributed by atoms with van der Waals surface area (Å²) in [6.45, 7) is 0. The molecule has 0 bridgehead atoms. The number of amides is 1. The van der Waals surface area contributed by atoms with Crippen LogP contribution in [0.5, 0.6) is 17.2 Å². The minimum Gasteiger partial charge on any atom is -0.493 e. The molecule has 7 nitrogen and oxygen atoms in total. The molecule has 0 heterocycles. The highest BCUT2D eigenvalue weighted by Gasteiger charge is 2.15. The molecule has 0 saturated heterocycles. The van der Waals surface area contributed by atoms with E-state index in [1.165, 1.54) is 44.7 Å². The van der Waals surface area contributed by atoms with E-state index in [2.05, 4.69) is 26.5 Å². The number of ether oxygens (including phenoxy) is 3. The molecule has 3 aromatic carbocycles. The van der Waals surface area contributed by atoms with Crippen molar-refractivity contribution in [2.75, 3.05) is 14.2 Å². The summed E-state index contributed by atoms with van der Waals surface area (Å²) in [7, 11) is 2.98. The smallest absolute Gasteiger partial charge is 0.343 e. The van der Waals surface area contributed by atoms with Crippen LogP contribution in [0.25, 0.3) is 0 Å². The molecule has 0 radical (unpaired) electrons. The third-order valence-corrected chi connectivity index (χ3v) is 5.58. The van der Waals surface area contributed by atoms with Gasteiger partial charge in [-0.15, -0.1) is 0 Å². The molecule has 33 heavy (non-hydrogen) atoms. The molecule has 0 aliphatic heterocycles. The SMILES string of the molecule is COc1ccc(C(=O)Oc2ccc(Br)cc2/C=N/NC(=O)c2ccc(Cl)c(Cl)c2)cc1OC. The molecule has 0 spiro atoms. The van der Waals surface area contributed by atoms with Crippen LogP contribution < -0.4 is 19.6 Å². The molecule has 0 aliphatic rings. The van der Waals surface area contributed by atoms with Gasteiger partial charge in [-0.05, 0) is 54.6 Å². The van der Waals surface area contributed by atoms with Crippen molar-refractivity contribution in [3.8, 4) is 17.2 Å². The Morgan fingerprint density at radius 1 is 0.879 bits per heavy atom. The molecule has 0 saturated carbocycles. The molecule has 1 amide bonds. The van der Waals surface area contributed by atoms with Crippen LogP contribution in [0.1, 0.15) is 26.3 Å². The van der Waals surface area contributed by atoms with Crippen LogP contribution in [0.4, 0.5) is 0 Å². The van der Waals surface area contributed by atoms with Gasteiger partial charge in [0, 0.05) is 15.6 Å². The maximum absolute atomic E-state index is 12.7. The van der Waals surface area contributed by atoms with E-state index in [0.29, 0.717) is 22.1 Å². The fourth-order valence-corrected chi connectivity index (χ4v) is 3.37. The molecule has 10 heteroatoms. The number of hydrogen-bond donors (Lipinski definition) is 1. The number of halogens is 3. The van der Waals surface area contributed by atoms with Gasteiger partial charge >= 0.3 is 5.97 Å². The second kappa shape index (κ2) is 11.2. The van der Waals surface area contributed by atoms with Gasteiger partial charge in [0.15, 0.2) is 11.5 Å². The Balaban J connectivity index is 1.76. The quantitative estimate of drug-likeness (QED) is 0.175. The lowest BCUT2D eigenvalue weighted by molar-refractivity contribution is 0.0733. The molecule has 170 valence electrons. The fraction of sp³-hybridized carbons (Fsp3) is 0.0870. The zero-order chi connectivity index (χ0) is 24.0.